The number of non-ortho nitro benzene ring substituents is 1. The summed E-state index contributed by atoms with van der Waals surface area (Å²) in [5, 5.41) is 17.8. The second kappa shape index (κ2) is 10.5. The molecule has 2 aromatic carbocycles. The number of amides is 1. The Morgan fingerprint density at radius 3 is 2.39 bits per heavy atom. The first-order valence-corrected chi connectivity index (χ1v) is 13.0. The van der Waals surface area contributed by atoms with Crippen molar-refractivity contribution in [3.8, 4) is 0 Å². The fourth-order valence-electron chi connectivity index (χ4n) is 4.23. The van der Waals surface area contributed by atoms with Crippen LogP contribution in [0.25, 0.3) is 0 Å². The third-order valence-corrected chi connectivity index (χ3v) is 8.24. The van der Waals surface area contributed by atoms with Gasteiger partial charge in [-0.05, 0) is 49.6 Å². The summed E-state index contributed by atoms with van der Waals surface area (Å²) in [5.41, 5.74) is 0.0781. The molecule has 0 bridgehead atoms. The summed E-state index contributed by atoms with van der Waals surface area (Å²) in [6.45, 7) is 2.00. The van der Waals surface area contributed by atoms with Crippen LogP contribution in [-0.2, 0) is 27.5 Å². The van der Waals surface area contributed by atoms with E-state index in [0.717, 1.165) is 24.3 Å². The first-order chi connectivity index (χ1) is 17.8. The van der Waals surface area contributed by atoms with Crippen LogP contribution in [0.3, 0.4) is 0 Å². The van der Waals surface area contributed by atoms with E-state index in [1.54, 1.807) is 19.1 Å². The van der Waals surface area contributed by atoms with E-state index in [0.29, 0.717) is 11.3 Å². The predicted molar refractivity (Wildman–Crippen MR) is 131 cm³/mol. The van der Waals surface area contributed by atoms with E-state index in [1.807, 2.05) is 0 Å². The average Bonchev–Trinajstić information content (AvgIpc) is 3.21. The Bertz CT molecular complexity index is 1450. The Labute approximate surface area is 216 Å². The summed E-state index contributed by atoms with van der Waals surface area (Å²) in [5.74, 6) is -0.547. The number of aromatic nitrogens is 2. The number of nitro groups is 1. The van der Waals surface area contributed by atoms with Gasteiger partial charge in [0, 0.05) is 42.9 Å². The minimum atomic E-state index is -4.45. The zero-order chi connectivity index (χ0) is 27.7. The molecule has 1 amide bonds. The molecule has 2 heterocycles. The van der Waals surface area contributed by atoms with Crippen LogP contribution in [0.5, 0.6) is 0 Å². The van der Waals surface area contributed by atoms with E-state index in [9.17, 15) is 36.5 Å². The topological polar surface area (TPSA) is 127 Å². The normalized spacial score (nSPS) is 15.4. The van der Waals surface area contributed by atoms with E-state index < -0.39 is 32.6 Å². The molecule has 1 aliphatic rings. The second-order valence-corrected chi connectivity index (χ2v) is 10.9. The number of carbonyl (C=O) groups is 1. The Morgan fingerprint density at radius 1 is 1.13 bits per heavy atom. The number of aryl methyl sites for hydroxylation is 1. The molecule has 10 nitrogen and oxygen atoms in total. The molecule has 1 aromatic heterocycles. The van der Waals surface area contributed by atoms with E-state index in [4.69, 9.17) is 0 Å². The lowest BCUT2D eigenvalue weighted by Crippen LogP contribution is -2.41. The molecule has 3 aromatic rings. The number of benzene rings is 2. The van der Waals surface area contributed by atoms with Gasteiger partial charge < -0.3 is 5.32 Å². The number of hydrogen-bond acceptors (Lipinski definition) is 6. The van der Waals surface area contributed by atoms with Crippen molar-refractivity contribution in [1.29, 1.82) is 0 Å². The number of nitrogens with one attached hydrogen (secondary N) is 1. The number of nitro benzene ring substituents is 1. The number of anilines is 1. The highest BCUT2D eigenvalue weighted by Gasteiger charge is 2.33. The molecule has 0 aliphatic carbocycles. The number of halogens is 3. The highest BCUT2D eigenvalue weighted by Crippen LogP contribution is 2.30. The molecule has 0 saturated carbocycles. The summed E-state index contributed by atoms with van der Waals surface area (Å²) in [4.78, 5) is 22.9. The number of rotatable bonds is 7. The Morgan fingerprint density at radius 2 is 1.79 bits per heavy atom. The minimum absolute atomic E-state index is 0.0622. The molecule has 1 N–H and O–H groups in total. The molecule has 14 heteroatoms. The average molecular weight is 552 g/mol. The SMILES string of the molecule is Cc1cc(NC(=O)C2CCN(S(=O)(=O)c3ccc([N+](=O)[O-])cc3)CC2)nn1Cc1cccc(C(F)(F)F)c1. The Kier molecular flexibility index (Phi) is 7.56. The van der Waals surface area contributed by atoms with Gasteiger partial charge in [-0.15, -0.1) is 0 Å². The standard InChI is InChI=1S/C24H24F3N5O5S/c1-16-13-22(29-31(16)15-17-3-2-4-19(14-17)24(25,26)27)28-23(33)18-9-11-30(12-10-18)38(36,37)21-7-5-20(6-8-21)32(34)35/h2-8,13-14,18H,9-12,15H2,1H3,(H,28,29,33). The molecule has 1 saturated heterocycles. The van der Waals surface area contributed by atoms with Gasteiger partial charge in [0.2, 0.25) is 15.9 Å². The molecule has 202 valence electrons. The third-order valence-electron chi connectivity index (χ3n) is 6.33. The fraction of sp³-hybridized carbons (Fsp3) is 0.333. The van der Waals surface area contributed by atoms with Crippen molar-refractivity contribution in [3.05, 3.63) is 81.5 Å². The van der Waals surface area contributed by atoms with Crippen LogP contribution in [0, 0.1) is 23.0 Å². The van der Waals surface area contributed by atoms with Gasteiger partial charge >= 0.3 is 6.18 Å². The van der Waals surface area contributed by atoms with E-state index in [2.05, 4.69) is 10.4 Å². The van der Waals surface area contributed by atoms with Gasteiger partial charge in [0.05, 0.1) is 21.9 Å². The molecule has 0 unspecified atom stereocenters. The van der Waals surface area contributed by atoms with Crippen molar-refractivity contribution >= 4 is 27.4 Å². The first-order valence-electron chi connectivity index (χ1n) is 11.6. The van der Waals surface area contributed by atoms with Crippen molar-refractivity contribution in [1.82, 2.24) is 14.1 Å². The van der Waals surface area contributed by atoms with Gasteiger partial charge in [0.15, 0.2) is 5.82 Å². The predicted octanol–water partition coefficient (Wildman–Crippen LogP) is 4.21. The Hall–Kier alpha value is -3.78. The molecule has 0 spiro atoms. The molecule has 38 heavy (non-hydrogen) atoms. The van der Waals surface area contributed by atoms with Crippen molar-refractivity contribution in [2.24, 2.45) is 5.92 Å². The molecule has 1 aliphatic heterocycles. The number of piperidine rings is 1. The molecule has 1 fully saturated rings. The maximum atomic E-state index is 13.0. The zero-order valence-electron chi connectivity index (χ0n) is 20.2. The molecule has 0 radical (unpaired) electrons. The molecular weight excluding hydrogens is 527 g/mol. The Balaban J connectivity index is 1.35. The third kappa shape index (κ3) is 6.02. The van der Waals surface area contributed by atoms with Crippen molar-refractivity contribution in [2.75, 3.05) is 18.4 Å². The lowest BCUT2D eigenvalue weighted by atomic mass is 9.97. The van der Waals surface area contributed by atoms with E-state index in [-0.39, 0.29) is 54.8 Å². The lowest BCUT2D eigenvalue weighted by Gasteiger charge is -2.30. The summed E-state index contributed by atoms with van der Waals surface area (Å²) in [6.07, 6.45) is -3.92. The number of nitrogens with zero attached hydrogens (tertiary/aromatic N) is 4. The quantitative estimate of drug-likeness (QED) is 0.346. The van der Waals surface area contributed by atoms with Gasteiger partial charge in [-0.2, -0.15) is 22.6 Å². The van der Waals surface area contributed by atoms with Crippen LogP contribution in [0.4, 0.5) is 24.7 Å². The molecule has 4 rings (SSSR count). The number of hydrogen-bond donors (Lipinski definition) is 1. The van der Waals surface area contributed by atoms with Crippen molar-refractivity contribution < 1.29 is 31.3 Å². The van der Waals surface area contributed by atoms with E-state index >= 15 is 0 Å². The molecular formula is C24H24F3N5O5S. The zero-order valence-corrected chi connectivity index (χ0v) is 21.0. The minimum Gasteiger partial charge on any atom is -0.309 e. The number of sulfonamides is 1. The number of carbonyl (C=O) groups excluding carboxylic acids is 1. The van der Waals surface area contributed by atoms with Gasteiger partial charge in [0.1, 0.15) is 0 Å². The maximum absolute atomic E-state index is 13.0. The van der Waals surface area contributed by atoms with Crippen LogP contribution in [-0.4, -0.2) is 46.4 Å². The largest absolute Gasteiger partial charge is 0.416 e. The van der Waals surface area contributed by atoms with E-state index in [1.165, 1.54) is 27.2 Å². The summed E-state index contributed by atoms with van der Waals surface area (Å²) in [6, 6.07) is 11.2. The first kappa shape index (κ1) is 27.3. The highest BCUT2D eigenvalue weighted by molar-refractivity contribution is 7.89. The van der Waals surface area contributed by atoms with Crippen molar-refractivity contribution in [2.45, 2.75) is 37.4 Å². The van der Waals surface area contributed by atoms with Crippen LogP contribution in [0.2, 0.25) is 0 Å². The fourth-order valence-corrected chi connectivity index (χ4v) is 5.70. The maximum Gasteiger partial charge on any atom is 0.416 e. The monoisotopic (exact) mass is 551 g/mol. The van der Waals surface area contributed by atoms with Crippen LogP contribution < -0.4 is 5.32 Å². The smallest absolute Gasteiger partial charge is 0.309 e. The highest BCUT2D eigenvalue weighted by atomic mass is 32.2. The number of alkyl halides is 3. The summed E-state index contributed by atoms with van der Waals surface area (Å²) < 4.78 is 67.5. The van der Waals surface area contributed by atoms with Gasteiger partial charge in [0.25, 0.3) is 5.69 Å². The lowest BCUT2D eigenvalue weighted by molar-refractivity contribution is -0.384. The van der Waals surface area contributed by atoms with Crippen LogP contribution in [0.15, 0.2) is 59.5 Å². The second-order valence-electron chi connectivity index (χ2n) is 8.95. The van der Waals surface area contributed by atoms with Gasteiger partial charge in [-0.3, -0.25) is 19.6 Å². The summed E-state index contributed by atoms with van der Waals surface area (Å²) >= 11 is 0. The van der Waals surface area contributed by atoms with Gasteiger partial charge in [-0.25, -0.2) is 8.42 Å². The van der Waals surface area contributed by atoms with Gasteiger partial charge in [-0.1, -0.05) is 12.1 Å². The van der Waals surface area contributed by atoms with Crippen LogP contribution >= 0.6 is 0 Å². The molecule has 0 atom stereocenters. The van der Waals surface area contributed by atoms with Crippen molar-refractivity contribution in [3.63, 3.8) is 0 Å². The van der Waals surface area contributed by atoms with Crippen LogP contribution in [0.1, 0.15) is 29.7 Å². The summed E-state index contributed by atoms with van der Waals surface area (Å²) in [7, 11) is -3.86.